The molecule has 0 fully saturated rings. The Morgan fingerprint density at radius 1 is 1.45 bits per heavy atom. The van der Waals surface area contributed by atoms with Gasteiger partial charge in [-0.05, 0) is 13.0 Å². The molecule has 0 saturated heterocycles. The number of rotatable bonds is 7. The zero-order valence-electron chi connectivity index (χ0n) is 12.6. The third-order valence-electron chi connectivity index (χ3n) is 3.03. The predicted molar refractivity (Wildman–Crippen MR) is 79.5 cm³/mol. The fourth-order valence-electron chi connectivity index (χ4n) is 1.96. The van der Waals surface area contributed by atoms with Crippen molar-refractivity contribution < 1.29 is 9.53 Å². The molecular formula is C14H19N5O3. The highest BCUT2D eigenvalue weighted by atomic mass is 16.5. The maximum Gasteiger partial charge on any atom is 0.271 e. The van der Waals surface area contributed by atoms with E-state index in [2.05, 4.69) is 15.4 Å². The van der Waals surface area contributed by atoms with Crippen LogP contribution in [0.5, 0.6) is 0 Å². The first-order valence-corrected chi connectivity index (χ1v) is 6.94. The highest BCUT2D eigenvalue weighted by Crippen LogP contribution is 1.96. The fraction of sp³-hybridized carbons (Fsp3) is 0.429. The molecule has 1 unspecified atom stereocenters. The highest BCUT2D eigenvalue weighted by molar-refractivity contribution is 5.92. The summed E-state index contributed by atoms with van der Waals surface area (Å²) in [7, 11) is 1.54. The molecule has 1 amide bonds. The maximum atomic E-state index is 12.2. The van der Waals surface area contributed by atoms with Crippen LogP contribution in [-0.4, -0.2) is 45.0 Å². The number of methoxy groups -OCH3 is 1. The van der Waals surface area contributed by atoms with E-state index in [4.69, 9.17) is 4.74 Å². The van der Waals surface area contributed by atoms with Crippen LogP contribution in [0.2, 0.25) is 0 Å². The van der Waals surface area contributed by atoms with Crippen molar-refractivity contribution in [3.05, 3.63) is 46.9 Å². The molecule has 118 valence electrons. The summed E-state index contributed by atoms with van der Waals surface area (Å²) in [6, 6.07) is 2.66. The molecule has 2 rings (SSSR count). The molecule has 2 aromatic heterocycles. The third-order valence-corrected chi connectivity index (χ3v) is 3.03. The van der Waals surface area contributed by atoms with E-state index in [1.807, 2.05) is 17.7 Å². The molecule has 0 aliphatic carbocycles. The van der Waals surface area contributed by atoms with E-state index in [9.17, 15) is 9.59 Å². The summed E-state index contributed by atoms with van der Waals surface area (Å²) < 4.78 is 8.01. The van der Waals surface area contributed by atoms with Gasteiger partial charge in [0.25, 0.3) is 11.5 Å². The molecule has 8 heteroatoms. The Morgan fingerprint density at radius 3 is 2.95 bits per heavy atom. The van der Waals surface area contributed by atoms with Crippen molar-refractivity contribution in [2.24, 2.45) is 0 Å². The van der Waals surface area contributed by atoms with Gasteiger partial charge in [-0.1, -0.05) is 0 Å². The summed E-state index contributed by atoms with van der Waals surface area (Å²) in [5.74, 6) is -0.321. The van der Waals surface area contributed by atoms with Crippen LogP contribution in [0.3, 0.4) is 0 Å². The SMILES string of the molecule is COCCn1nc(C(=O)NC(C)Cn2ccnc2)ccc1=O. The Hall–Kier alpha value is -2.48. The first-order chi connectivity index (χ1) is 10.6. The van der Waals surface area contributed by atoms with Crippen molar-refractivity contribution in [3.8, 4) is 0 Å². The van der Waals surface area contributed by atoms with Crippen molar-refractivity contribution in [1.29, 1.82) is 0 Å². The van der Waals surface area contributed by atoms with Gasteiger partial charge in [-0.15, -0.1) is 0 Å². The van der Waals surface area contributed by atoms with Crippen molar-refractivity contribution in [2.45, 2.75) is 26.1 Å². The van der Waals surface area contributed by atoms with Gasteiger partial charge in [-0.3, -0.25) is 9.59 Å². The van der Waals surface area contributed by atoms with E-state index < -0.39 is 0 Å². The second-order valence-corrected chi connectivity index (χ2v) is 4.91. The van der Waals surface area contributed by atoms with E-state index in [-0.39, 0.29) is 23.2 Å². The number of carbonyl (C=O) groups excluding carboxylic acids is 1. The van der Waals surface area contributed by atoms with Gasteiger partial charge in [0.15, 0.2) is 0 Å². The number of amides is 1. The van der Waals surface area contributed by atoms with Crippen molar-refractivity contribution >= 4 is 5.91 Å². The van der Waals surface area contributed by atoms with Crippen molar-refractivity contribution in [2.75, 3.05) is 13.7 Å². The van der Waals surface area contributed by atoms with Gasteiger partial charge in [0.2, 0.25) is 0 Å². The Balaban J connectivity index is 2.01. The second-order valence-electron chi connectivity index (χ2n) is 4.91. The molecule has 1 N–H and O–H groups in total. The van der Waals surface area contributed by atoms with Crippen molar-refractivity contribution in [1.82, 2.24) is 24.6 Å². The lowest BCUT2D eigenvalue weighted by molar-refractivity contribution is 0.0928. The quantitative estimate of drug-likeness (QED) is 0.771. The second kappa shape index (κ2) is 7.51. The zero-order chi connectivity index (χ0) is 15.9. The minimum atomic E-state index is -0.321. The molecule has 22 heavy (non-hydrogen) atoms. The van der Waals surface area contributed by atoms with E-state index in [0.29, 0.717) is 19.7 Å². The van der Waals surface area contributed by atoms with Crippen LogP contribution in [0.25, 0.3) is 0 Å². The Kier molecular flexibility index (Phi) is 5.42. The largest absolute Gasteiger partial charge is 0.383 e. The van der Waals surface area contributed by atoms with Gasteiger partial charge in [0, 0.05) is 38.2 Å². The summed E-state index contributed by atoms with van der Waals surface area (Å²) in [6.45, 7) is 3.16. The van der Waals surface area contributed by atoms with Crippen LogP contribution >= 0.6 is 0 Å². The molecule has 2 aromatic rings. The molecule has 0 bridgehead atoms. The highest BCUT2D eigenvalue weighted by Gasteiger charge is 2.13. The standard InChI is InChI=1S/C14H19N5O3/c1-11(9-18-6-5-15-10-18)16-14(21)12-3-4-13(20)19(17-12)7-8-22-2/h3-6,10-11H,7-9H2,1-2H3,(H,16,21). The summed E-state index contributed by atoms with van der Waals surface area (Å²) in [5, 5.41) is 6.89. The molecule has 0 aromatic carbocycles. The fourth-order valence-corrected chi connectivity index (χ4v) is 1.96. The van der Waals surface area contributed by atoms with Crippen molar-refractivity contribution in [3.63, 3.8) is 0 Å². The van der Waals surface area contributed by atoms with Gasteiger partial charge >= 0.3 is 0 Å². The molecule has 0 spiro atoms. The van der Waals surface area contributed by atoms with Gasteiger partial charge in [-0.2, -0.15) is 5.10 Å². The van der Waals surface area contributed by atoms with Crippen LogP contribution in [0.15, 0.2) is 35.6 Å². The van der Waals surface area contributed by atoms with E-state index >= 15 is 0 Å². The lowest BCUT2D eigenvalue weighted by Gasteiger charge is -2.14. The third kappa shape index (κ3) is 4.26. The van der Waals surface area contributed by atoms with Crippen LogP contribution in [-0.2, 0) is 17.8 Å². The number of aromatic nitrogens is 4. The van der Waals surface area contributed by atoms with Gasteiger partial charge in [0.05, 0.1) is 19.5 Å². The Morgan fingerprint density at radius 2 is 2.27 bits per heavy atom. The number of hydrogen-bond acceptors (Lipinski definition) is 5. The van der Waals surface area contributed by atoms with Crippen LogP contribution < -0.4 is 10.9 Å². The monoisotopic (exact) mass is 305 g/mol. The molecule has 0 aliphatic heterocycles. The van der Waals surface area contributed by atoms with Crippen LogP contribution in [0.1, 0.15) is 17.4 Å². The average molecular weight is 305 g/mol. The number of carbonyl (C=O) groups is 1. The molecule has 0 aliphatic rings. The Labute approximate surface area is 127 Å². The number of nitrogens with one attached hydrogen (secondary N) is 1. The predicted octanol–water partition coefficient (Wildman–Crippen LogP) is -0.0953. The number of nitrogens with zero attached hydrogens (tertiary/aromatic N) is 4. The van der Waals surface area contributed by atoms with E-state index in [0.717, 1.165) is 0 Å². The van der Waals surface area contributed by atoms with E-state index in [1.165, 1.54) is 16.8 Å². The molecule has 2 heterocycles. The average Bonchev–Trinajstić information content (AvgIpc) is 2.99. The number of ether oxygens (including phenoxy) is 1. The van der Waals surface area contributed by atoms with Gasteiger partial charge < -0.3 is 14.6 Å². The zero-order valence-corrected chi connectivity index (χ0v) is 12.6. The Bertz CT molecular complexity index is 665. The van der Waals surface area contributed by atoms with Crippen LogP contribution in [0, 0.1) is 0 Å². The first-order valence-electron chi connectivity index (χ1n) is 6.94. The van der Waals surface area contributed by atoms with Crippen LogP contribution in [0.4, 0.5) is 0 Å². The molecule has 0 saturated carbocycles. The maximum absolute atomic E-state index is 12.2. The summed E-state index contributed by atoms with van der Waals surface area (Å²) >= 11 is 0. The first kappa shape index (κ1) is 15.9. The lowest BCUT2D eigenvalue weighted by atomic mass is 10.3. The van der Waals surface area contributed by atoms with Gasteiger partial charge in [-0.25, -0.2) is 9.67 Å². The molecule has 1 atom stereocenters. The smallest absolute Gasteiger partial charge is 0.271 e. The minimum absolute atomic E-state index is 0.0946. The molecule has 8 nitrogen and oxygen atoms in total. The summed E-state index contributed by atoms with van der Waals surface area (Å²) in [5.41, 5.74) is -0.0618. The van der Waals surface area contributed by atoms with Gasteiger partial charge in [0.1, 0.15) is 5.69 Å². The minimum Gasteiger partial charge on any atom is -0.383 e. The van der Waals surface area contributed by atoms with E-state index in [1.54, 1.807) is 19.6 Å². The normalized spacial score (nSPS) is 12.1. The molecular weight excluding hydrogens is 286 g/mol. The summed E-state index contributed by atoms with van der Waals surface area (Å²) in [6.07, 6.45) is 5.19. The number of imidazole rings is 1. The number of hydrogen-bond donors (Lipinski definition) is 1. The topological polar surface area (TPSA) is 91.0 Å². The lowest BCUT2D eigenvalue weighted by Crippen LogP contribution is -2.37. The summed E-state index contributed by atoms with van der Waals surface area (Å²) in [4.78, 5) is 27.8. The molecule has 0 radical (unpaired) electrons.